The van der Waals surface area contributed by atoms with Gasteiger partial charge in [0, 0.05) is 0 Å². The Labute approximate surface area is 190 Å². The zero-order valence-electron chi connectivity index (χ0n) is 22.2. The zero-order valence-corrected chi connectivity index (χ0v) is 27.0. The molecule has 0 aliphatic rings. The van der Waals surface area contributed by atoms with Gasteiger partial charge >= 0.3 is 191 Å². The number of hydrogen-bond donors (Lipinski definition) is 0. The molecule has 0 amide bonds. The van der Waals surface area contributed by atoms with Gasteiger partial charge in [0.2, 0.25) is 0 Å². The maximum atomic E-state index is 6.86. The van der Waals surface area contributed by atoms with Crippen molar-refractivity contribution < 1.29 is 8.85 Å². The summed E-state index contributed by atoms with van der Waals surface area (Å²) in [6.07, 6.45) is 4.76. The van der Waals surface area contributed by atoms with Crippen molar-refractivity contribution in [2.24, 2.45) is 0 Å². The van der Waals surface area contributed by atoms with Crippen molar-refractivity contribution in [1.29, 1.82) is 0 Å². The molecule has 5 heteroatoms. The molecular weight excluding hydrogens is 495 g/mol. The summed E-state index contributed by atoms with van der Waals surface area (Å²) in [5, 5.41) is 0.205. The molecule has 0 N–H and O–H groups in total. The van der Waals surface area contributed by atoms with Gasteiger partial charge in [0.1, 0.15) is 0 Å². The van der Waals surface area contributed by atoms with Gasteiger partial charge in [-0.05, 0) is 0 Å². The van der Waals surface area contributed by atoms with Gasteiger partial charge < -0.3 is 0 Å². The second kappa shape index (κ2) is 11.5. The van der Waals surface area contributed by atoms with E-state index < -0.39 is 35.0 Å². The van der Waals surface area contributed by atoms with Gasteiger partial charge in [-0.3, -0.25) is 0 Å². The molecule has 0 aromatic carbocycles. The molecule has 2 nitrogen and oxygen atoms in total. The second-order valence-corrected chi connectivity index (χ2v) is 35.7. The van der Waals surface area contributed by atoms with E-state index in [1.165, 1.54) is 17.7 Å². The zero-order chi connectivity index (χ0) is 23.3. The first-order valence-electron chi connectivity index (χ1n) is 11.6. The molecule has 0 radical (unpaired) electrons. The quantitative estimate of drug-likeness (QED) is 0.191. The minimum atomic E-state index is -2.05. The molecule has 0 spiro atoms. The molecule has 0 heterocycles. The fourth-order valence-corrected chi connectivity index (χ4v) is 12.8. The van der Waals surface area contributed by atoms with Gasteiger partial charge in [0.25, 0.3) is 0 Å². The van der Waals surface area contributed by atoms with E-state index in [1.807, 2.05) is 0 Å². The Morgan fingerprint density at radius 2 is 1.41 bits per heavy atom. The standard InChI is InChI=1S/C21H43O2Si2.3CH3.Sn/c1-13-25(14-2,18(5)6)22-19(7)15-16-20(17(3)4)23-24(11,12)21(8,9)10;;;;/h3,15-16,18-20H,13-14H2,1-2,4-12H3;3*1H3;/b16-15+,17-3?;;;;. The molecule has 2 atom stereocenters. The molecule has 0 aliphatic heterocycles. The average molecular weight is 548 g/mol. The Morgan fingerprint density at radius 1 is 0.931 bits per heavy atom. The van der Waals surface area contributed by atoms with Crippen LogP contribution < -0.4 is 0 Å². The number of hydrogen-bond acceptors (Lipinski definition) is 2. The van der Waals surface area contributed by atoms with Crippen LogP contribution in [0.1, 0.15) is 62.3 Å². The van der Waals surface area contributed by atoms with E-state index in [1.54, 1.807) is 0 Å². The van der Waals surface area contributed by atoms with Crippen LogP contribution in [0.4, 0.5) is 0 Å². The average Bonchev–Trinajstić information content (AvgIpc) is 2.53. The maximum absolute atomic E-state index is 6.86. The van der Waals surface area contributed by atoms with Crippen LogP contribution in [0.5, 0.6) is 0 Å². The van der Waals surface area contributed by atoms with Crippen LogP contribution in [-0.2, 0) is 8.85 Å². The summed E-state index contributed by atoms with van der Waals surface area (Å²) in [7, 11) is -3.54. The monoisotopic (exact) mass is 548 g/mol. The third-order valence-corrected chi connectivity index (χ3v) is 20.1. The molecule has 0 rings (SSSR count). The van der Waals surface area contributed by atoms with E-state index in [0.717, 1.165) is 0 Å². The predicted molar refractivity (Wildman–Crippen MR) is 141 cm³/mol. The van der Waals surface area contributed by atoms with Crippen LogP contribution in [0.25, 0.3) is 0 Å². The first-order chi connectivity index (χ1) is 12.9. The van der Waals surface area contributed by atoms with Gasteiger partial charge in [-0.1, -0.05) is 0 Å². The Hall–Kier alpha value is 0.632. The summed E-state index contributed by atoms with van der Waals surface area (Å²) in [4.78, 5) is 7.38. The topological polar surface area (TPSA) is 18.5 Å². The summed E-state index contributed by atoms with van der Waals surface area (Å²) in [5.74, 6) is 0. The van der Waals surface area contributed by atoms with E-state index in [-0.39, 0.29) is 17.2 Å². The molecule has 0 aromatic rings. The molecule has 0 fully saturated rings. The van der Waals surface area contributed by atoms with Gasteiger partial charge in [-0.15, -0.1) is 0 Å². The van der Waals surface area contributed by atoms with Crippen LogP contribution in [-0.4, -0.2) is 47.2 Å². The summed E-state index contributed by atoms with van der Waals surface area (Å²) >= 11 is -2.05. The Bertz CT molecular complexity index is 550. The Morgan fingerprint density at radius 3 is 1.76 bits per heavy atom. The first-order valence-corrected chi connectivity index (χ1v) is 27.2. The Kier molecular flexibility index (Phi) is 11.7. The Balaban J connectivity index is 5.74. The van der Waals surface area contributed by atoms with E-state index in [9.17, 15) is 0 Å². The molecule has 0 aromatic heterocycles. The normalized spacial score (nSPS) is 17.3. The first kappa shape index (κ1) is 29.6. The predicted octanol–water partition coefficient (Wildman–Crippen LogP) is 8.56. The molecule has 0 aliphatic carbocycles. The molecular formula is C24H52O2Si2Sn. The minimum absolute atomic E-state index is 0.0660. The van der Waals surface area contributed by atoms with E-state index in [2.05, 4.69) is 106 Å². The van der Waals surface area contributed by atoms with E-state index in [0.29, 0.717) is 5.54 Å². The summed E-state index contributed by atoms with van der Waals surface area (Å²) < 4.78 is 16.2. The van der Waals surface area contributed by atoms with Gasteiger partial charge in [0.15, 0.2) is 0 Å². The van der Waals surface area contributed by atoms with Gasteiger partial charge in [0.05, 0.1) is 0 Å². The van der Waals surface area contributed by atoms with E-state index >= 15 is 0 Å². The van der Waals surface area contributed by atoms with Crippen molar-refractivity contribution in [2.45, 2.75) is 125 Å². The van der Waals surface area contributed by atoms with Crippen LogP contribution >= 0.6 is 0 Å². The van der Waals surface area contributed by atoms with Crippen LogP contribution in [0.15, 0.2) is 21.8 Å². The van der Waals surface area contributed by atoms with Crippen LogP contribution in [0.2, 0.25) is 50.6 Å². The van der Waals surface area contributed by atoms with Gasteiger partial charge in [-0.2, -0.15) is 0 Å². The van der Waals surface area contributed by atoms with Crippen molar-refractivity contribution in [3.8, 4) is 0 Å². The van der Waals surface area contributed by atoms with Crippen molar-refractivity contribution in [2.75, 3.05) is 0 Å². The third kappa shape index (κ3) is 9.75. The van der Waals surface area contributed by atoms with Crippen molar-refractivity contribution in [3.63, 3.8) is 0 Å². The number of rotatable bonds is 11. The molecule has 0 saturated heterocycles. The fraction of sp³-hybridized carbons (Fsp3) is 0.833. The van der Waals surface area contributed by atoms with Crippen molar-refractivity contribution in [3.05, 3.63) is 21.8 Å². The van der Waals surface area contributed by atoms with Crippen LogP contribution in [0, 0.1) is 0 Å². The molecule has 29 heavy (non-hydrogen) atoms. The van der Waals surface area contributed by atoms with Crippen molar-refractivity contribution in [1.82, 2.24) is 0 Å². The summed E-state index contributed by atoms with van der Waals surface area (Å²) in [6, 6.07) is 2.36. The van der Waals surface area contributed by atoms with Crippen molar-refractivity contribution >= 4 is 35.0 Å². The third-order valence-electron chi connectivity index (χ3n) is 6.56. The molecule has 0 saturated carbocycles. The molecule has 172 valence electrons. The molecule has 0 bridgehead atoms. The fourth-order valence-electron chi connectivity index (χ4n) is 3.58. The van der Waals surface area contributed by atoms with Gasteiger partial charge in [-0.25, -0.2) is 0 Å². The second-order valence-electron chi connectivity index (χ2n) is 11.7. The van der Waals surface area contributed by atoms with E-state index in [4.69, 9.17) is 8.85 Å². The SMILES string of the molecule is CC[Si](CC)(OC(C)/C=C/C(O[Si](C)(C)C(C)(C)C)/C(C)=[CH]\[Sn]([CH3])([CH3])[CH3])C(C)C. The molecule has 2 unspecified atom stereocenters. The summed E-state index contributed by atoms with van der Waals surface area (Å²) in [5.41, 5.74) is 2.03. The van der Waals surface area contributed by atoms with Crippen LogP contribution in [0.3, 0.4) is 0 Å². The summed E-state index contributed by atoms with van der Waals surface area (Å²) in [6.45, 7) is 25.4.